The minimum Gasteiger partial charge on any atom is -0.395 e. The maximum absolute atomic E-state index is 8.93. The van der Waals surface area contributed by atoms with Gasteiger partial charge in [0, 0.05) is 12.1 Å². The molecule has 1 fully saturated rings. The molecule has 0 aliphatic carbocycles. The van der Waals surface area contributed by atoms with Gasteiger partial charge in [0.15, 0.2) is 0 Å². The van der Waals surface area contributed by atoms with Gasteiger partial charge in [-0.15, -0.1) is 0 Å². The summed E-state index contributed by atoms with van der Waals surface area (Å²) in [5, 5.41) is 8.93. The largest absolute Gasteiger partial charge is 0.395 e. The highest BCUT2D eigenvalue weighted by Gasteiger charge is 2.23. The van der Waals surface area contributed by atoms with Crippen LogP contribution in [-0.2, 0) is 0 Å². The number of rotatable bonds is 2. The third-order valence-electron chi connectivity index (χ3n) is 2.40. The minimum absolute atomic E-state index is 0.185. The zero-order chi connectivity index (χ0) is 9.10. The van der Waals surface area contributed by atoms with Gasteiger partial charge in [-0.05, 0) is 12.0 Å². The molecule has 2 atom stereocenters. The first-order chi connectivity index (χ1) is 6.40. The molecule has 1 saturated heterocycles. The Morgan fingerprint density at radius 3 is 2.62 bits per heavy atom. The SMILES string of the molecule is OCC1CC(c2ccccc2)NN1. The van der Waals surface area contributed by atoms with E-state index in [1.165, 1.54) is 5.56 Å². The molecule has 1 aromatic carbocycles. The van der Waals surface area contributed by atoms with E-state index in [4.69, 9.17) is 5.11 Å². The standard InChI is InChI=1S/C10H14N2O/c13-7-9-6-10(12-11-9)8-4-2-1-3-5-8/h1-5,9-13H,6-7H2. The van der Waals surface area contributed by atoms with Crippen molar-refractivity contribution in [2.75, 3.05) is 6.61 Å². The molecule has 0 bridgehead atoms. The van der Waals surface area contributed by atoms with Crippen LogP contribution in [0.15, 0.2) is 30.3 Å². The van der Waals surface area contributed by atoms with Crippen LogP contribution >= 0.6 is 0 Å². The molecule has 3 heteroatoms. The molecule has 1 aliphatic heterocycles. The molecule has 3 nitrogen and oxygen atoms in total. The number of hydrogen-bond acceptors (Lipinski definition) is 3. The molecule has 2 rings (SSSR count). The van der Waals surface area contributed by atoms with Crippen LogP contribution in [0.3, 0.4) is 0 Å². The fraction of sp³-hybridized carbons (Fsp3) is 0.400. The molecule has 0 spiro atoms. The van der Waals surface area contributed by atoms with Crippen LogP contribution in [-0.4, -0.2) is 17.8 Å². The van der Waals surface area contributed by atoms with E-state index < -0.39 is 0 Å². The third-order valence-corrected chi connectivity index (χ3v) is 2.40. The van der Waals surface area contributed by atoms with Crippen LogP contribution in [0.4, 0.5) is 0 Å². The van der Waals surface area contributed by atoms with Gasteiger partial charge in [-0.3, -0.25) is 5.43 Å². The van der Waals surface area contributed by atoms with Gasteiger partial charge in [-0.1, -0.05) is 30.3 Å². The normalized spacial score (nSPS) is 27.8. The van der Waals surface area contributed by atoms with Crippen molar-refractivity contribution in [1.82, 2.24) is 10.9 Å². The van der Waals surface area contributed by atoms with Crippen LogP contribution in [0.5, 0.6) is 0 Å². The first kappa shape index (κ1) is 8.69. The predicted molar refractivity (Wildman–Crippen MR) is 50.9 cm³/mol. The molecule has 1 heterocycles. The fourth-order valence-corrected chi connectivity index (χ4v) is 1.65. The van der Waals surface area contributed by atoms with Crippen molar-refractivity contribution in [1.29, 1.82) is 0 Å². The minimum atomic E-state index is 0.185. The van der Waals surface area contributed by atoms with E-state index in [2.05, 4.69) is 23.0 Å². The van der Waals surface area contributed by atoms with Crippen molar-refractivity contribution in [3.05, 3.63) is 35.9 Å². The van der Waals surface area contributed by atoms with Crippen molar-refractivity contribution in [2.45, 2.75) is 18.5 Å². The molecule has 70 valence electrons. The first-order valence-electron chi connectivity index (χ1n) is 4.57. The second-order valence-electron chi connectivity index (χ2n) is 3.37. The molecule has 1 aliphatic rings. The highest BCUT2D eigenvalue weighted by atomic mass is 16.3. The molecule has 2 unspecified atom stereocenters. The highest BCUT2D eigenvalue weighted by Crippen LogP contribution is 2.21. The molecular formula is C10H14N2O. The smallest absolute Gasteiger partial charge is 0.0598 e. The van der Waals surface area contributed by atoms with Crippen molar-refractivity contribution in [3.63, 3.8) is 0 Å². The maximum atomic E-state index is 8.93. The highest BCUT2D eigenvalue weighted by molar-refractivity contribution is 5.19. The summed E-state index contributed by atoms with van der Waals surface area (Å²) in [6.45, 7) is 0.191. The lowest BCUT2D eigenvalue weighted by atomic mass is 10.0. The quantitative estimate of drug-likeness (QED) is 0.621. The van der Waals surface area contributed by atoms with Gasteiger partial charge < -0.3 is 5.11 Å². The van der Waals surface area contributed by atoms with Gasteiger partial charge in [0.1, 0.15) is 0 Å². The lowest BCUT2D eigenvalue weighted by Gasteiger charge is -2.08. The first-order valence-corrected chi connectivity index (χ1v) is 4.57. The van der Waals surface area contributed by atoms with Crippen LogP contribution in [0.1, 0.15) is 18.0 Å². The Hall–Kier alpha value is -0.900. The fourth-order valence-electron chi connectivity index (χ4n) is 1.65. The van der Waals surface area contributed by atoms with E-state index in [0.29, 0.717) is 6.04 Å². The third kappa shape index (κ3) is 1.88. The van der Waals surface area contributed by atoms with Gasteiger partial charge in [0.2, 0.25) is 0 Å². The number of aliphatic hydroxyl groups excluding tert-OH is 1. The van der Waals surface area contributed by atoms with E-state index in [9.17, 15) is 0 Å². The summed E-state index contributed by atoms with van der Waals surface area (Å²) in [6, 6.07) is 10.8. The summed E-state index contributed by atoms with van der Waals surface area (Å²) in [6.07, 6.45) is 0.945. The number of hydrazine groups is 1. The lowest BCUT2D eigenvalue weighted by Crippen LogP contribution is -2.32. The second kappa shape index (κ2) is 3.87. The molecule has 1 aromatic rings. The summed E-state index contributed by atoms with van der Waals surface area (Å²) in [7, 11) is 0. The monoisotopic (exact) mass is 178 g/mol. The predicted octanol–water partition coefficient (Wildman–Crippen LogP) is 0.586. The van der Waals surface area contributed by atoms with E-state index >= 15 is 0 Å². The van der Waals surface area contributed by atoms with Gasteiger partial charge in [0.25, 0.3) is 0 Å². The van der Waals surface area contributed by atoms with Gasteiger partial charge in [0.05, 0.1) is 6.61 Å². The molecule has 3 N–H and O–H groups in total. The molecule has 0 aromatic heterocycles. The van der Waals surface area contributed by atoms with Crippen molar-refractivity contribution in [3.8, 4) is 0 Å². The van der Waals surface area contributed by atoms with Gasteiger partial charge in [-0.2, -0.15) is 0 Å². The Morgan fingerprint density at radius 1 is 1.23 bits per heavy atom. The maximum Gasteiger partial charge on any atom is 0.0598 e. The summed E-state index contributed by atoms with van der Waals surface area (Å²) >= 11 is 0. The van der Waals surface area contributed by atoms with Gasteiger partial charge >= 0.3 is 0 Å². The van der Waals surface area contributed by atoms with E-state index in [-0.39, 0.29) is 12.6 Å². The van der Waals surface area contributed by atoms with Gasteiger partial charge in [-0.25, -0.2) is 5.43 Å². The Morgan fingerprint density at radius 2 is 2.00 bits per heavy atom. The molecule has 0 radical (unpaired) electrons. The molecular weight excluding hydrogens is 164 g/mol. The Bertz CT molecular complexity index is 263. The second-order valence-corrected chi connectivity index (χ2v) is 3.37. The lowest BCUT2D eigenvalue weighted by molar-refractivity contribution is 0.251. The van der Waals surface area contributed by atoms with E-state index in [1.54, 1.807) is 0 Å². The summed E-state index contributed by atoms with van der Waals surface area (Å²) in [5.74, 6) is 0. The Kier molecular flexibility index (Phi) is 2.59. The summed E-state index contributed by atoms with van der Waals surface area (Å²) in [5.41, 5.74) is 7.49. The van der Waals surface area contributed by atoms with E-state index in [1.807, 2.05) is 18.2 Å². The van der Waals surface area contributed by atoms with Crippen LogP contribution < -0.4 is 10.9 Å². The van der Waals surface area contributed by atoms with Crippen molar-refractivity contribution >= 4 is 0 Å². The molecule has 13 heavy (non-hydrogen) atoms. The Balaban J connectivity index is 2.04. The van der Waals surface area contributed by atoms with Crippen LogP contribution in [0, 0.1) is 0 Å². The molecule has 0 saturated carbocycles. The Labute approximate surface area is 77.7 Å². The number of hydrogen-bond donors (Lipinski definition) is 3. The summed E-state index contributed by atoms with van der Waals surface area (Å²) in [4.78, 5) is 0. The van der Waals surface area contributed by atoms with Crippen molar-refractivity contribution < 1.29 is 5.11 Å². The average molecular weight is 178 g/mol. The average Bonchev–Trinajstić information content (AvgIpc) is 2.67. The topological polar surface area (TPSA) is 44.3 Å². The van der Waals surface area contributed by atoms with E-state index in [0.717, 1.165) is 6.42 Å². The van der Waals surface area contributed by atoms with Crippen molar-refractivity contribution in [2.24, 2.45) is 0 Å². The number of benzene rings is 1. The zero-order valence-electron chi connectivity index (χ0n) is 7.40. The number of nitrogens with one attached hydrogen (secondary N) is 2. The number of aliphatic hydroxyl groups is 1. The van der Waals surface area contributed by atoms with Crippen LogP contribution in [0.25, 0.3) is 0 Å². The summed E-state index contributed by atoms with van der Waals surface area (Å²) < 4.78 is 0. The zero-order valence-corrected chi connectivity index (χ0v) is 7.40. The van der Waals surface area contributed by atoms with Crippen LogP contribution in [0.2, 0.25) is 0 Å². The molecule has 0 amide bonds.